The Labute approximate surface area is 157 Å². The van der Waals surface area contributed by atoms with E-state index < -0.39 is 23.5 Å². The normalized spacial score (nSPS) is 15.7. The first kappa shape index (κ1) is 19.4. The van der Waals surface area contributed by atoms with Crippen LogP contribution in [0.15, 0.2) is 36.5 Å². The molecule has 0 bridgehead atoms. The predicted molar refractivity (Wildman–Crippen MR) is 90.2 cm³/mol. The second-order valence-corrected chi connectivity index (χ2v) is 6.50. The Morgan fingerprint density at radius 3 is 2.44 bits per heavy atom. The third-order valence-corrected chi connectivity index (χ3v) is 4.57. The Kier molecular flexibility index (Phi) is 5.55. The number of hydrogen-bond donors (Lipinski definition) is 0. The molecule has 0 saturated carbocycles. The number of hydrogen-bond acceptors (Lipinski definition) is 3. The molecule has 1 aliphatic heterocycles. The highest BCUT2D eigenvalue weighted by molar-refractivity contribution is 6.33. The molecule has 0 unspecified atom stereocenters. The van der Waals surface area contributed by atoms with Gasteiger partial charge in [0.1, 0.15) is 11.9 Å². The minimum atomic E-state index is -4.45. The maximum absolute atomic E-state index is 13.9. The van der Waals surface area contributed by atoms with Crippen LogP contribution >= 0.6 is 11.6 Å². The summed E-state index contributed by atoms with van der Waals surface area (Å²) in [4.78, 5) is 17.6. The quantitative estimate of drug-likeness (QED) is 0.706. The van der Waals surface area contributed by atoms with Gasteiger partial charge in [0.25, 0.3) is 5.91 Å². The first-order valence-corrected chi connectivity index (χ1v) is 8.56. The molecule has 9 heteroatoms. The average molecular weight is 403 g/mol. The van der Waals surface area contributed by atoms with Gasteiger partial charge in [-0.15, -0.1) is 0 Å². The first-order valence-electron chi connectivity index (χ1n) is 8.19. The van der Waals surface area contributed by atoms with E-state index in [1.165, 1.54) is 29.2 Å². The summed E-state index contributed by atoms with van der Waals surface area (Å²) in [5, 5.41) is 0.0485. The molecule has 144 valence electrons. The number of benzene rings is 1. The summed E-state index contributed by atoms with van der Waals surface area (Å²) in [6.45, 7) is 0.629. The number of carbonyl (C=O) groups excluding carboxylic acids is 1. The maximum atomic E-state index is 13.9. The van der Waals surface area contributed by atoms with E-state index in [2.05, 4.69) is 4.98 Å². The van der Waals surface area contributed by atoms with Gasteiger partial charge in [-0.1, -0.05) is 17.7 Å². The summed E-state index contributed by atoms with van der Waals surface area (Å²) in [5.74, 6) is -1.09. The zero-order chi connectivity index (χ0) is 19.6. The molecule has 27 heavy (non-hydrogen) atoms. The topological polar surface area (TPSA) is 42.4 Å². The molecule has 2 heterocycles. The van der Waals surface area contributed by atoms with Crippen molar-refractivity contribution < 1.29 is 27.1 Å². The minimum Gasteiger partial charge on any atom is -0.474 e. The summed E-state index contributed by atoms with van der Waals surface area (Å²) >= 11 is 5.92. The molecule has 0 atom stereocenters. The standard InChI is InChI=1S/C18H15ClF4N2O2/c19-13-2-1-3-14(20)16(13)17(26)25-8-6-12(7-9-25)27-15-5-4-11(10-24-15)18(21,22)23/h1-5,10,12H,6-9H2. The van der Waals surface area contributed by atoms with Gasteiger partial charge in [0.15, 0.2) is 0 Å². The molecule has 1 aromatic heterocycles. The van der Waals surface area contributed by atoms with Crippen LogP contribution in [0.5, 0.6) is 5.88 Å². The Morgan fingerprint density at radius 2 is 1.89 bits per heavy atom. The van der Waals surface area contributed by atoms with Crippen molar-refractivity contribution in [2.24, 2.45) is 0 Å². The number of likely N-dealkylation sites (tertiary alicyclic amines) is 1. The van der Waals surface area contributed by atoms with Gasteiger partial charge in [-0.3, -0.25) is 4.79 Å². The Hall–Kier alpha value is -2.35. The highest BCUT2D eigenvalue weighted by Gasteiger charge is 2.31. The van der Waals surface area contributed by atoms with E-state index in [1.807, 2.05) is 0 Å². The number of aromatic nitrogens is 1. The third kappa shape index (κ3) is 4.50. The van der Waals surface area contributed by atoms with Crippen LogP contribution in [0.1, 0.15) is 28.8 Å². The van der Waals surface area contributed by atoms with E-state index in [4.69, 9.17) is 16.3 Å². The molecule has 4 nitrogen and oxygen atoms in total. The van der Waals surface area contributed by atoms with Gasteiger partial charge in [0.2, 0.25) is 5.88 Å². The van der Waals surface area contributed by atoms with E-state index >= 15 is 0 Å². The van der Waals surface area contributed by atoms with Crippen LogP contribution in [0.25, 0.3) is 0 Å². The van der Waals surface area contributed by atoms with Crippen molar-refractivity contribution in [3.05, 3.63) is 58.5 Å². The second-order valence-electron chi connectivity index (χ2n) is 6.09. The van der Waals surface area contributed by atoms with Crippen LogP contribution in [0, 0.1) is 5.82 Å². The lowest BCUT2D eigenvalue weighted by atomic mass is 10.1. The monoisotopic (exact) mass is 402 g/mol. The number of alkyl halides is 3. The van der Waals surface area contributed by atoms with Crippen LogP contribution in [-0.2, 0) is 6.18 Å². The zero-order valence-electron chi connectivity index (χ0n) is 14.0. The molecule has 1 amide bonds. The Balaban J connectivity index is 1.58. The largest absolute Gasteiger partial charge is 0.474 e. The van der Waals surface area contributed by atoms with Gasteiger partial charge in [-0.2, -0.15) is 13.2 Å². The summed E-state index contributed by atoms with van der Waals surface area (Å²) in [5.41, 5.74) is -1.01. The minimum absolute atomic E-state index is 0.0485. The Bertz CT molecular complexity index is 799. The number of nitrogens with zero attached hydrogens (tertiary/aromatic N) is 2. The molecule has 3 rings (SSSR count). The first-order chi connectivity index (χ1) is 12.8. The van der Waals surface area contributed by atoms with Crippen LogP contribution < -0.4 is 4.74 Å². The second kappa shape index (κ2) is 7.72. The van der Waals surface area contributed by atoms with E-state index in [9.17, 15) is 22.4 Å². The van der Waals surface area contributed by atoms with Crippen LogP contribution in [-0.4, -0.2) is 35.0 Å². The smallest absolute Gasteiger partial charge is 0.417 e. The summed E-state index contributed by atoms with van der Waals surface area (Å²) in [7, 11) is 0. The SMILES string of the molecule is O=C(c1c(F)cccc1Cl)N1CCC(Oc2ccc(C(F)(F)F)cn2)CC1. The van der Waals surface area contributed by atoms with Gasteiger partial charge >= 0.3 is 6.18 Å². The van der Waals surface area contributed by atoms with Crippen molar-refractivity contribution in [3.8, 4) is 5.88 Å². The van der Waals surface area contributed by atoms with Crippen molar-refractivity contribution in [3.63, 3.8) is 0 Å². The summed E-state index contributed by atoms with van der Waals surface area (Å²) in [6, 6.07) is 6.11. The fourth-order valence-electron chi connectivity index (χ4n) is 2.83. The maximum Gasteiger partial charge on any atom is 0.417 e. The van der Waals surface area contributed by atoms with Crippen molar-refractivity contribution in [2.75, 3.05) is 13.1 Å². The van der Waals surface area contributed by atoms with Gasteiger partial charge in [0.05, 0.1) is 16.1 Å². The average Bonchev–Trinajstić information content (AvgIpc) is 2.62. The number of ether oxygens (including phenoxy) is 1. The molecular weight excluding hydrogens is 388 g/mol. The molecular formula is C18H15ClF4N2O2. The zero-order valence-corrected chi connectivity index (χ0v) is 14.7. The molecule has 1 aromatic carbocycles. The van der Waals surface area contributed by atoms with Gasteiger partial charge in [0, 0.05) is 38.2 Å². The lowest BCUT2D eigenvalue weighted by Crippen LogP contribution is -2.42. The fraction of sp³-hybridized carbons (Fsp3) is 0.333. The van der Waals surface area contributed by atoms with E-state index in [0.717, 1.165) is 6.07 Å². The highest BCUT2D eigenvalue weighted by atomic mass is 35.5. The Morgan fingerprint density at radius 1 is 1.19 bits per heavy atom. The lowest BCUT2D eigenvalue weighted by Gasteiger charge is -2.32. The molecule has 0 N–H and O–H groups in total. The molecule has 0 radical (unpaired) electrons. The van der Waals surface area contributed by atoms with Crippen LogP contribution in [0.4, 0.5) is 17.6 Å². The van der Waals surface area contributed by atoms with Gasteiger partial charge in [-0.05, 0) is 18.2 Å². The van der Waals surface area contributed by atoms with Crippen molar-refractivity contribution in [1.29, 1.82) is 0 Å². The van der Waals surface area contributed by atoms with Gasteiger partial charge in [-0.25, -0.2) is 9.37 Å². The van der Waals surface area contributed by atoms with E-state index in [0.29, 0.717) is 32.1 Å². The van der Waals surface area contributed by atoms with Crippen LogP contribution in [0.2, 0.25) is 5.02 Å². The number of pyridine rings is 1. The number of piperidine rings is 1. The summed E-state index contributed by atoms with van der Waals surface area (Å²) < 4.78 is 57.1. The van der Waals surface area contributed by atoms with Gasteiger partial charge < -0.3 is 9.64 Å². The van der Waals surface area contributed by atoms with E-state index in [-0.39, 0.29) is 22.6 Å². The predicted octanol–water partition coefficient (Wildman–Crippen LogP) is 4.58. The van der Waals surface area contributed by atoms with Crippen LogP contribution in [0.3, 0.4) is 0 Å². The van der Waals surface area contributed by atoms with Crippen molar-refractivity contribution in [1.82, 2.24) is 9.88 Å². The fourth-order valence-corrected chi connectivity index (χ4v) is 3.07. The molecule has 1 aliphatic rings. The highest BCUT2D eigenvalue weighted by Crippen LogP contribution is 2.30. The molecule has 2 aromatic rings. The molecule has 1 saturated heterocycles. The molecule has 0 spiro atoms. The number of rotatable bonds is 3. The number of amides is 1. The lowest BCUT2D eigenvalue weighted by molar-refractivity contribution is -0.137. The van der Waals surface area contributed by atoms with Crippen molar-refractivity contribution >= 4 is 17.5 Å². The number of carbonyl (C=O) groups is 1. The molecule has 1 fully saturated rings. The van der Waals surface area contributed by atoms with Crippen molar-refractivity contribution in [2.45, 2.75) is 25.1 Å². The third-order valence-electron chi connectivity index (χ3n) is 4.26. The summed E-state index contributed by atoms with van der Waals surface area (Å²) in [6.07, 6.45) is -3.14. The number of halogens is 5. The molecule has 0 aliphatic carbocycles. The van der Waals surface area contributed by atoms with E-state index in [1.54, 1.807) is 0 Å².